The molecule has 15 heavy (non-hydrogen) atoms. The fourth-order valence-corrected chi connectivity index (χ4v) is 2.26. The molecule has 3 atom stereocenters. The summed E-state index contributed by atoms with van der Waals surface area (Å²) in [5, 5.41) is 18.7. The van der Waals surface area contributed by atoms with Crippen LogP contribution in [0.15, 0.2) is 0 Å². The Morgan fingerprint density at radius 1 is 1.67 bits per heavy atom. The Bertz CT molecular complexity index is 236. The molecule has 86 valence electrons. The van der Waals surface area contributed by atoms with Crippen LogP contribution in [-0.4, -0.2) is 31.7 Å². The highest BCUT2D eigenvalue weighted by Gasteiger charge is 2.48. The van der Waals surface area contributed by atoms with E-state index in [1.807, 2.05) is 0 Å². The Hall–Kier alpha value is -0.630. The number of hydrogen-bond acceptors (Lipinski definition) is 4. The van der Waals surface area contributed by atoms with Crippen LogP contribution >= 0.6 is 0 Å². The molecule has 1 N–H and O–H groups in total. The van der Waals surface area contributed by atoms with Gasteiger partial charge < -0.3 is 14.6 Å². The third kappa shape index (κ3) is 2.69. The first-order valence-corrected chi connectivity index (χ1v) is 5.32. The van der Waals surface area contributed by atoms with Gasteiger partial charge in [-0.2, -0.15) is 5.26 Å². The van der Waals surface area contributed by atoms with E-state index in [9.17, 15) is 5.11 Å². The summed E-state index contributed by atoms with van der Waals surface area (Å²) in [6.45, 7) is 2.54. The molecule has 0 aromatic carbocycles. The molecule has 0 aromatic heterocycles. The maximum absolute atomic E-state index is 9.52. The van der Waals surface area contributed by atoms with Gasteiger partial charge in [0.25, 0.3) is 0 Å². The molecule has 1 saturated carbocycles. The van der Waals surface area contributed by atoms with Crippen LogP contribution in [0.4, 0.5) is 0 Å². The molecule has 1 fully saturated rings. The molecule has 0 saturated heterocycles. The van der Waals surface area contributed by atoms with Crippen molar-refractivity contribution in [1.29, 1.82) is 5.26 Å². The fourth-order valence-electron chi connectivity index (χ4n) is 2.26. The van der Waals surface area contributed by atoms with E-state index in [-0.39, 0.29) is 18.1 Å². The normalized spacial score (nSPS) is 31.7. The van der Waals surface area contributed by atoms with Gasteiger partial charge in [0.15, 0.2) is 0 Å². The van der Waals surface area contributed by atoms with Crippen molar-refractivity contribution in [1.82, 2.24) is 0 Å². The monoisotopic (exact) mass is 213 g/mol. The smallest absolute Gasteiger partial charge is 0.146 e. The second-order valence-electron chi connectivity index (χ2n) is 4.22. The van der Waals surface area contributed by atoms with Crippen molar-refractivity contribution in [3.8, 4) is 6.07 Å². The minimum atomic E-state index is -0.402. The summed E-state index contributed by atoms with van der Waals surface area (Å²) in [5.41, 5.74) is -0.373. The molecule has 4 nitrogen and oxygen atoms in total. The van der Waals surface area contributed by atoms with Crippen LogP contribution in [-0.2, 0) is 9.47 Å². The van der Waals surface area contributed by atoms with Crippen molar-refractivity contribution in [2.75, 3.05) is 20.5 Å². The van der Waals surface area contributed by atoms with Crippen molar-refractivity contribution >= 4 is 0 Å². The zero-order valence-electron chi connectivity index (χ0n) is 9.40. The Morgan fingerprint density at radius 2 is 2.40 bits per heavy atom. The van der Waals surface area contributed by atoms with Gasteiger partial charge in [-0.1, -0.05) is 0 Å². The van der Waals surface area contributed by atoms with Gasteiger partial charge >= 0.3 is 0 Å². The van der Waals surface area contributed by atoms with Crippen LogP contribution in [0.2, 0.25) is 0 Å². The van der Waals surface area contributed by atoms with Gasteiger partial charge in [0.2, 0.25) is 0 Å². The average Bonchev–Trinajstić information content (AvgIpc) is 2.16. The standard InChI is InChI=1S/C11H19NO3/c1-9(13)10-3-4-11(10,7-12)5-6-15-8-14-2/h9-10,13H,3-6,8H2,1-2H3/t9-,10-,11+/m1/s1. The lowest BCUT2D eigenvalue weighted by atomic mass is 9.57. The van der Waals surface area contributed by atoms with Crippen molar-refractivity contribution < 1.29 is 14.6 Å². The highest BCUT2D eigenvalue weighted by atomic mass is 16.7. The number of methoxy groups -OCH3 is 1. The Kier molecular flexibility index (Phi) is 4.52. The number of nitriles is 1. The lowest BCUT2D eigenvalue weighted by Gasteiger charge is -2.46. The Morgan fingerprint density at radius 3 is 2.80 bits per heavy atom. The van der Waals surface area contributed by atoms with Gasteiger partial charge in [-0.3, -0.25) is 0 Å². The quantitative estimate of drug-likeness (QED) is 0.533. The van der Waals surface area contributed by atoms with Gasteiger partial charge in [0.1, 0.15) is 6.79 Å². The minimum absolute atomic E-state index is 0.105. The molecule has 0 heterocycles. The van der Waals surface area contributed by atoms with Gasteiger partial charge in [-0.05, 0) is 26.2 Å². The van der Waals surface area contributed by atoms with Crippen molar-refractivity contribution in [3.63, 3.8) is 0 Å². The maximum atomic E-state index is 9.52. The molecule has 1 aliphatic carbocycles. The van der Waals surface area contributed by atoms with Gasteiger partial charge in [-0.25, -0.2) is 0 Å². The van der Waals surface area contributed by atoms with Crippen molar-refractivity contribution in [2.24, 2.45) is 11.3 Å². The van der Waals surface area contributed by atoms with E-state index in [1.54, 1.807) is 14.0 Å². The molecule has 0 amide bonds. The Labute approximate surface area is 90.8 Å². The SMILES string of the molecule is COCOCC[C@]1(C#N)CC[C@@H]1[C@@H](C)O. The van der Waals surface area contributed by atoms with Crippen LogP contribution in [0.3, 0.4) is 0 Å². The fraction of sp³-hybridized carbons (Fsp3) is 0.909. The topological polar surface area (TPSA) is 62.5 Å². The molecular formula is C11H19NO3. The van der Waals surface area contributed by atoms with Crippen molar-refractivity contribution in [3.05, 3.63) is 0 Å². The predicted molar refractivity (Wildman–Crippen MR) is 54.9 cm³/mol. The number of rotatable bonds is 6. The highest BCUT2D eigenvalue weighted by molar-refractivity contribution is 5.10. The molecule has 1 aliphatic rings. The molecule has 4 heteroatoms. The summed E-state index contributed by atoms with van der Waals surface area (Å²) in [7, 11) is 1.57. The summed E-state index contributed by atoms with van der Waals surface area (Å²) in [6, 6.07) is 2.34. The third-order valence-electron chi connectivity index (χ3n) is 3.31. The van der Waals surface area contributed by atoms with E-state index in [4.69, 9.17) is 14.7 Å². The number of nitrogens with zero attached hydrogens (tertiary/aromatic N) is 1. The van der Waals surface area contributed by atoms with Crippen LogP contribution in [0.25, 0.3) is 0 Å². The lowest BCUT2D eigenvalue weighted by molar-refractivity contribution is -0.0682. The van der Waals surface area contributed by atoms with Crippen LogP contribution in [0.1, 0.15) is 26.2 Å². The second kappa shape index (κ2) is 5.45. The number of ether oxygens (including phenoxy) is 2. The first-order chi connectivity index (χ1) is 7.16. The summed E-state index contributed by atoms with van der Waals surface area (Å²) >= 11 is 0. The summed E-state index contributed by atoms with van der Waals surface area (Å²) in [4.78, 5) is 0. The largest absolute Gasteiger partial charge is 0.393 e. The molecular weight excluding hydrogens is 194 g/mol. The molecule has 0 aromatic rings. The lowest BCUT2D eigenvalue weighted by Crippen LogP contribution is -2.45. The second-order valence-corrected chi connectivity index (χ2v) is 4.22. The van der Waals surface area contributed by atoms with E-state index in [2.05, 4.69) is 6.07 Å². The van der Waals surface area contributed by atoms with Crippen LogP contribution in [0, 0.1) is 22.7 Å². The molecule has 0 aliphatic heterocycles. The van der Waals surface area contributed by atoms with Gasteiger partial charge in [0, 0.05) is 13.0 Å². The number of aliphatic hydroxyl groups is 1. The summed E-state index contributed by atoms with van der Waals surface area (Å²) in [5.74, 6) is 0.105. The van der Waals surface area contributed by atoms with E-state index < -0.39 is 6.10 Å². The Balaban J connectivity index is 2.38. The molecule has 0 bridgehead atoms. The minimum Gasteiger partial charge on any atom is -0.393 e. The summed E-state index contributed by atoms with van der Waals surface area (Å²) < 4.78 is 9.95. The van der Waals surface area contributed by atoms with Gasteiger partial charge in [0.05, 0.1) is 24.2 Å². The first-order valence-electron chi connectivity index (χ1n) is 5.32. The maximum Gasteiger partial charge on any atom is 0.146 e. The van der Waals surface area contributed by atoms with E-state index in [0.717, 1.165) is 12.8 Å². The van der Waals surface area contributed by atoms with Crippen LogP contribution < -0.4 is 0 Å². The van der Waals surface area contributed by atoms with E-state index in [0.29, 0.717) is 13.0 Å². The summed E-state index contributed by atoms with van der Waals surface area (Å²) in [6.07, 6.45) is 2.09. The molecule has 0 spiro atoms. The predicted octanol–water partition coefficient (Wildman–Crippen LogP) is 1.30. The van der Waals surface area contributed by atoms with Crippen molar-refractivity contribution in [2.45, 2.75) is 32.3 Å². The average molecular weight is 213 g/mol. The highest BCUT2D eigenvalue weighted by Crippen LogP contribution is 2.50. The third-order valence-corrected chi connectivity index (χ3v) is 3.31. The van der Waals surface area contributed by atoms with Crippen LogP contribution in [0.5, 0.6) is 0 Å². The zero-order chi connectivity index (χ0) is 11.3. The number of hydrogen-bond donors (Lipinski definition) is 1. The van der Waals surface area contributed by atoms with E-state index in [1.165, 1.54) is 0 Å². The molecule has 1 rings (SSSR count). The molecule has 0 radical (unpaired) electrons. The zero-order valence-corrected chi connectivity index (χ0v) is 9.40. The van der Waals surface area contributed by atoms with E-state index >= 15 is 0 Å². The number of aliphatic hydroxyl groups excluding tert-OH is 1. The first kappa shape index (κ1) is 12.4. The van der Waals surface area contributed by atoms with Gasteiger partial charge in [-0.15, -0.1) is 0 Å². The molecule has 0 unspecified atom stereocenters.